The van der Waals surface area contributed by atoms with Crippen molar-refractivity contribution in [1.82, 2.24) is 0 Å². The molecule has 0 fully saturated rings. The molecular weight excluding hydrogens is 317 g/mol. The van der Waals surface area contributed by atoms with E-state index in [2.05, 4.69) is 0 Å². The van der Waals surface area contributed by atoms with Crippen LogP contribution >= 0.6 is 0 Å². The molecule has 0 saturated heterocycles. The average Bonchev–Trinajstić information content (AvgIpc) is 2.54. The molecule has 0 spiro atoms. The van der Waals surface area contributed by atoms with Gasteiger partial charge in [0.2, 0.25) is 0 Å². The van der Waals surface area contributed by atoms with Gasteiger partial charge in [0.25, 0.3) is 0 Å². The summed E-state index contributed by atoms with van der Waals surface area (Å²) in [5, 5.41) is 9.16. The van der Waals surface area contributed by atoms with E-state index in [1.807, 2.05) is 6.92 Å². The molecular formula is C19H23F3O2. The van der Waals surface area contributed by atoms with Crippen molar-refractivity contribution in [2.75, 3.05) is 6.61 Å². The quantitative estimate of drug-likeness (QED) is 0.509. The molecule has 1 aromatic carbocycles. The Morgan fingerprint density at radius 2 is 1.92 bits per heavy atom. The lowest BCUT2D eigenvalue weighted by molar-refractivity contribution is 0.270. The maximum Gasteiger partial charge on any atom is 0.161 e. The third-order valence-electron chi connectivity index (χ3n) is 3.55. The third-order valence-corrected chi connectivity index (χ3v) is 3.55. The van der Waals surface area contributed by atoms with E-state index in [0.717, 1.165) is 18.6 Å². The first-order valence-corrected chi connectivity index (χ1v) is 7.77. The summed E-state index contributed by atoms with van der Waals surface area (Å²) in [6.07, 6.45) is 2.93. The molecule has 1 rings (SSSR count). The monoisotopic (exact) mass is 340 g/mol. The summed E-state index contributed by atoms with van der Waals surface area (Å²) >= 11 is 0. The molecule has 132 valence electrons. The summed E-state index contributed by atoms with van der Waals surface area (Å²) in [6.45, 7) is 6.21. The summed E-state index contributed by atoms with van der Waals surface area (Å²) in [4.78, 5) is 0. The number of benzene rings is 1. The van der Waals surface area contributed by atoms with Crippen LogP contribution in [-0.4, -0.2) is 11.7 Å². The Morgan fingerprint density at radius 3 is 2.46 bits per heavy atom. The minimum absolute atomic E-state index is 0.166. The molecule has 5 heteroatoms. The van der Waals surface area contributed by atoms with Gasteiger partial charge in [-0.15, -0.1) is 0 Å². The maximum absolute atomic E-state index is 13.9. The second-order valence-electron chi connectivity index (χ2n) is 5.64. The number of halogens is 3. The minimum Gasteiger partial charge on any atom is -0.455 e. The molecule has 0 amide bonds. The topological polar surface area (TPSA) is 29.5 Å². The zero-order valence-electron chi connectivity index (χ0n) is 14.4. The zero-order valence-corrected chi connectivity index (χ0v) is 14.4. The highest BCUT2D eigenvalue weighted by atomic mass is 19.1. The molecule has 1 N–H and O–H groups in total. The normalized spacial score (nSPS) is 15.2. The van der Waals surface area contributed by atoms with Crippen LogP contribution in [-0.2, 0) is 0 Å². The van der Waals surface area contributed by atoms with Crippen LogP contribution in [0.2, 0.25) is 0 Å². The molecule has 0 heterocycles. The van der Waals surface area contributed by atoms with Crippen molar-refractivity contribution in [2.24, 2.45) is 0 Å². The van der Waals surface area contributed by atoms with Gasteiger partial charge in [-0.1, -0.05) is 19.4 Å². The van der Waals surface area contributed by atoms with E-state index in [4.69, 9.17) is 9.84 Å². The molecule has 0 aliphatic carbocycles. The van der Waals surface area contributed by atoms with E-state index in [1.54, 1.807) is 13.8 Å². The number of rotatable bonds is 7. The van der Waals surface area contributed by atoms with Crippen LogP contribution in [0.5, 0.6) is 5.75 Å². The fraction of sp³-hybridized carbons (Fsp3) is 0.368. The van der Waals surface area contributed by atoms with Crippen molar-refractivity contribution in [3.63, 3.8) is 0 Å². The number of aliphatic hydroxyl groups is 1. The second kappa shape index (κ2) is 9.33. The van der Waals surface area contributed by atoms with Crippen molar-refractivity contribution in [1.29, 1.82) is 0 Å². The number of aliphatic hydroxyl groups excluding tert-OH is 1. The highest BCUT2D eigenvalue weighted by Gasteiger charge is 2.13. The van der Waals surface area contributed by atoms with Gasteiger partial charge in [0.05, 0.1) is 0 Å². The van der Waals surface area contributed by atoms with Crippen molar-refractivity contribution in [3.8, 4) is 5.75 Å². The number of hydrogen-bond donors (Lipinski definition) is 1. The molecule has 24 heavy (non-hydrogen) atoms. The molecule has 1 aromatic rings. The first-order chi connectivity index (χ1) is 11.3. The number of ether oxygens (including phenoxy) is 1. The molecule has 0 aromatic heterocycles. The van der Waals surface area contributed by atoms with Gasteiger partial charge in [-0.25, -0.2) is 13.2 Å². The smallest absolute Gasteiger partial charge is 0.161 e. The first kappa shape index (κ1) is 20.0. The Bertz CT molecular complexity index is 657. The standard InChI is InChI=1S/C19H23F3O2/c1-5-12(2)8-15(21)9-19(14(4)20)24-16-6-7-18(22)17(10-16)13(3)11-23/h6-10,13,23H,5,11H2,1-4H3/b12-8-,15-9+,19-14-. The largest absolute Gasteiger partial charge is 0.455 e. The number of allylic oxidation sites excluding steroid dienone is 5. The van der Waals surface area contributed by atoms with Gasteiger partial charge in [-0.05, 0) is 50.1 Å². The fourth-order valence-electron chi connectivity index (χ4n) is 1.89. The van der Waals surface area contributed by atoms with Gasteiger partial charge in [-0.2, -0.15) is 0 Å². The Kier molecular flexibility index (Phi) is 7.79. The van der Waals surface area contributed by atoms with Gasteiger partial charge in [0.15, 0.2) is 5.76 Å². The van der Waals surface area contributed by atoms with E-state index in [9.17, 15) is 13.2 Å². The summed E-state index contributed by atoms with van der Waals surface area (Å²) < 4.78 is 46.7. The lowest BCUT2D eigenvalue weighted by Crippen LogP contribution is -2.03. The predicted molar refractivity (Wildman–Crippen MR) is 89.6 cm³/mol. The van der Waals surface area contributed by atoms with Crippen molar-refractivity contribution in [2.45, 2.75) is 40.0 Å². The van der Waals surface area contributed by atoms with E-state index >= 15 is 0 Å². The molecule has 2 nitrogen and oxygen atoms in total. The van der Waals surface area contributed by atoms with Crippen LogP contribution < -0.4 is 4.74 Å². The summed E-state index contributed by atoms with van der Waals surface area (Å²) in [5.41, 5.74) is 1.05. The Hall–Kier alpha value is -2.01. The third kappa shape index (κ3) is 5.89. The molecule has 0 aliphatic heterocycles. The lowest BCUT2D eigenvalue weighted by atomic mass is 10.0. The Labute approximate surface area is 141 Å². The SMILES string of the molecule is CC\C(C)=C/C(F)=C\C(Oc1ccc(F)c(C(C)CO)c1)=C(/C)F. The molecule has 0 bridgehead atoms. The molecule has 0 saturated carbocycles. The van der Waals surface area contributed by atoms with Gasteiger partial charge in [-0.3, -0.25) is 0 Å². The van der Waals surface area contributed by atoms with E-state index in [0.29, 0.717) is 6.42 Å². The molecule has 0 radical (unpaired) electrons. The van der Waals surface area contributed by atoms with Gasteiger partial charge >= 0.3 is 0 Å². The van der Waals surface area contributed by atoms with E-state index < -0.39 is 23.4 Å². The lowest BCUT2D eigenvalue weighted by Gasteiger charge is -2.13. The average molecular weight is 340 g/mol. The van der Waals surface area contributed by atoms with Crippen LogP contribution in [0.1, 0.15) is 45.6 Å². The highest BCUT2D eigenvalue weighted by Crippen LogP contribution is 2.26. The van der Waals surface area contributed by atoms with Crippen molar-refractivity contribution < 1.29 is 23.0 Å². The van der Waals surface area contributed by atoms with E-state index in [1.165, 1.54) is 24.3 Å². The van der Waals surface area contributed by atoms with Gasteiger partial charge < -0.3 is 9.84 Å². The van der Waals surface area contributed by atoms with Crippen molar-refractivity contribution in [3.05, 3.63) is 64.7 Å². The predicted octanol–water partition coefficient (Wildman–Crippen LogP) is 5.71. The first-order valence-electron chi connectivity index (χ1n) is 7.77. The maximum atomic E-state index is 13.9. The Balaban J connectivity index is 3.12. The molecule has 1 unspecified atom stereocenters. The summed E-state index contributed by atoms with van der Waals surface area (Å²) in [6, 6.07) is 3.87. The summed E-state index contributed by atoms with van der Waals surface area (Å²) in [7, 11) is 0. The summed E-state index contributed by atoms with van der Waals surface area (Å²) in [5.74, 6) is -2.38. The number of hydrogen-bond acceptors (Lipinski definition) is 2. The molecule has 0 aliphatic rings. The Morgan fingerprint density at radius 1 is 1.25 bits per heavy atom. The van der Waals surface area contributed by atoms with Crippen molar-refractivity contribution >= 4 is 0 Å². The van der Waals surface area contributed by atoms with Crippen LogP contribution in [0.4, 0.5) is 13.2 Å². The second-order valence-corrected chi connectivity index (χ2v) is 5.64. The zero-order chi connectivity index (χ0) is 18.3. The van der Waals surface area contributed by atoms with E-state index in [-0.39, 0.29) is 23.7 Å². The fourth-order valence-corrected chi connectivity index (χ4v) is 1.89. The van der Waals surface area contributed by atoms with Crippen LogP contribution in [0.3, 0.4) is 0 Å². The highest BCUT2D eigenvalue weighted by molar-refractivity contribution is 5.35. The van der Waals surface area contributed by atoms with Crippen LogP contribution in [0.15, 0.2) is 53.3 Å². The minimum atomic E-state index is -0.700. The van der Waals surface area contributed by atoms with Crippen LogP contribution in [0, 0.1) is 5.82 Å². The molecule has 1 atom stereocenters. The van der Waals surface area contributed by atoms with Crippen LogP contribution in [0.25, 0.3) is 0 Å². The van der Waals surface area contributed by atoms with Gasteiger partial charge in [0.1, 0.15) is 23.2 Å². The van der Waals surface area contributed by atoms with Gasteiger partial charge in [0, 0.05) is 18.6 Å².